The van der Waals surface area contributed by atoms with Gasteiger partial charge in [-0.25, -0.2) is 0 Å². The summed E-state index contributed by atoms with van der Waals surface area (Å²) in [4.78, 5) is 24.0. The Labute approximate surface area is 146 Å². The molecule has 124 valence electrons. The summed E-state index contributed by atoms with van der Waals surface area (Å²) >= 11 is 0. The largest absolute Gasteiger partial charge is 0.289 e. The number of non-ortho nitro benzene ring substituents is 1. The summed E-state index contributed by atoms with van der Waals surface area (Å²) in [6, 6.07) is 14.6. The van der Waals surface area contributed by atoms with Crippen LogP contribution in [0, 0.1) is 10.1 Å². The van der Waals surface area contributed by atoms with Crippen LogP contribution in [-0.4, -0.2) is 18.8 Å². The molecule has 3 aromatic carbocycles. The topological polar surface area (TPSA) is 60.2 Å². The standard InChI is InChI=1S/C20H17NO3Si/c1-25(2,3)20-16-11-13(21(23)24)9-8-12(16)10-17-14-6-4-5-7-15(14)19(22)18(17)20/h4-11H,1-3H3. The predicted octanol–water partition coefficient (Wildman–Crippen LogP) is 4.50. The zero-order valence-corrected chi connectivity index (χ0v) is 15.3. The van der Waals surface area contributed by atoms with E-state index in [0.29, 0.717) is 0 Å². The monoisotopic (exact) mass is 347 g/mol. The number of fused-ring (bicyclic) bond motifs is 4. The van der Waals surface area contributed by atoms with Crippen LogP contribution in [0.5, 0.6) is 0 Å². The number of hydrogen-bond acceptors (Lipinski definition) is 3. The number of carbonyl (C=O) groups is 1. The van der Waals surface area contributed by atoms with E-state index < -0.39 is 8.07 Å². The molecule has 0 saturated heterocycles. The minimum Gasteiger partial charge on any atom is -0.289 e. The smallest absolute Gasteiger partial charge is 0.270 e. The van der Waals surface area contributed by atoms with Gasteiger partial charge in [0, 0.05) is 23.3 Å². The Morgan fingerprint density at radius 1 is 0.920 bits per heavy atom. The molecule has 3 aromatic rings. The molecule has 0 spiro atoms. The van der Waals surface area contributed by atoms with E-state index in [1.807, 2.05) is 30.3 Å². The summed E-state index contributed by atoms with van der Waals surface area (Å²) in [6.07, 6.45) is 0. The van der Waals surface area contributed by atoms with Crippen molar-refractivity contribution in [1.29, 1.82) is 0 Å². The molecule has 0 atom stereocenters. The van der Waals surface area contributed by atoms with E-state index in [2.05, 4.69) is 19.6 Å². The highest BCUT2D eigenvalue weighted by molar-refractivity contribution is 6.91. The molecular formula is C20H17NO3Si. The number of nitrogens with zero attached hydrogens (tertiary/aromatic N) is 1. The summed E-state index contributed by atoms with van der Waals surface area (Å²) in [5.41, 5.74) is 3.45. The Hall–Kier alpha value is -2.79. The maximum absolute atomic E-state index is 13.1. The molecule has 0 radical (unpaired) electrons. The normalized spacial score (nSPS) is 13.0. The predicted molar refractivity (Wildman–Crippen MR) is 102 cm³/mol. The zero-order valence-electron chi connectivity index (χ0n) is 14.3. The molecule has 0 saturated carbocycles. The lowest BCUT2D eigenvalue weighted by Gasteiger charge is -2.23. The summed E-state index contributed by atoms with van der Waals surface area (Å²) < 4.78 is 0. The molecule has 0 N–H and O–H groups in total. The molecule has 1 aliphatic carbocycles. The summed E-state index contributed by atoms with van der Waals surface area (Å²) in [7, 11) is -1.94. The third-order valence-corrected chi connectivity index (χ3v) is 6.79. The van der Waals surface area contributed by atoms with Crippen LogP contribution in [0.1, 0.15) is 15.9 Å². The van der Waals surface area contributed by atoms with E-state index in [1.165, 1.54) is 6.07 Å². The molecular weight excluding hydrogens is 330 g/mol. The van der Waals surface area contributed by atoms with Gasteiger partial charge in [-0.2, -0.15) is 0 Å². The van der Waals surface area contributed by atoms with Crippen molar-refractivity contribution in [1.82, 2.24) is 0 Å². The van der Waals surface area contributed by atoms with Crippen molar-refractivity contribution in [3.63, 3.8) is 0 Å². The van der Waals surface area contributed by atoms with Crippen molar-refractivity contribution < 1.29 is 9.72 Å². The highest BCUT2D eigenvalue weighted by Crippen LogP contribution is 2.39. The quantitative estimate of drug-likeness (QED) is 0.305. The molecule has 0 unspecified atom stereocenters. The Bertz CT molecular complexity index is 1080. The number of rotatable bonds is 2. The van der Waals surface area contributed by atoms with Crippen molar-refractivity contribution in [3.8, 4) is 11.1 Å². The average molecular weight is 347 g/mol. The molecule has 0 fully saturated rings. The molecule has 0 aliphatic heterocycles. The van der Waals surface area contributed by atoms with Crippen LogP contribution in [0.4, 0.5) is 5.69 Å². The molecule has 5 heteroatoms. The van der Waals surface area contributed by atoms with E-state index in [0.717, 1.165) is 38.2 Å². The summed E-state index contributed by atoms with van der Waals surface area (Å²) in [5, 5.41) is 14.0. The van der Waals surface area contributed by atoms with Crippen LogP contribution in [0.15, 0.2) is 48.5 Å². The van der Waals surface area contributed by atoms with Gasteiger partial charge in [0.25, 0.3) is 5.69 Å². The van der Waals surface area contributed by atoms with Crippen molar-refractivity contribution in [2.75, 3.05) is 0 Å². The first-order valence-electron chi connectivity index (χ1n) is 8.19. The molecule has 1 aliphatic rings. The first kappa shape index (κ1) is 15.7. The van der Waals surface area contributed by atoms with Gasteiger partial charge < -0.3 is 0 Å². The first-order valence-corrected chi connectivity index (χ1v) is 11.7. The van der Waals surface area contributed by atoms with Crippen molar-refractivity contribution in [2.24, 2.45) is 0 Å². The molecule has 0 heterocycles. The number of ketones is 1. The fourth-order valence-electron chi connectivity index (χ4n) is 3.78. The molecule has 25 heavy (non-hydrogen) atoms. The van der Waals surface area contributed by atoms with Gasteiger partial charge in [-0.15, -0.1) is 0 Å². The minimum atomic E-state index is -1.94. The second-order valence-electron chi connectivity index (χ2n) is 7.46. The van der Waals surface area contributed by atoms with E-state index >= 15 is 0 Å². The lowest BCUT2D eigenvalue weighted by molar-refractivity contribution is -0.384. The highest BCUT2D eigenvalue weighted by Gasteiger charge is 2.35. The summed E-state index contributed by atoms with van der Waals surface area (Å²) in [6.45, 7) is 6.53. The fraction of sp³-hybridized carbons (Fsp3) is 0.150. The SMILES string of the molecule is C[Si](C)(C)c1c2c(cc3ccc([N+](=O)[O-])cc13)-c1ccccc1C2=O. The van der Waals surface area contributed by atoms with E-state index in [-0.39, 0.29) is 16.4 Å². The third-order valence-electron chi connectivity index (χ3n) is 4.78. The minimum absolute atomic E-state index is 0.0384. The van der Waals surface area contributed by atoms with Crippen molar-refractivity contribution in [3.05, 3.63) is 69.8 Å². The molecule has 0 bridgehead atoms. The van der Waals surface area contributed by atoms with Gasteiger partial charge >= 0.3 is 0 Å². The second-order valence-corrected chi connectivity index (χ2v) is 12.5. The number of nitro benzene ring substituents is 1. The van der Waals surface area contributed by atoms with Crippen molar-refractivity contribution in [2.45, 2.75) is 19.6 Å². The van der Waals surface area contributed by atoms with Gasteiger partial charge in [-0.3, -0.25) is 14.9 Å². The van der Waals surface area contributed by atoms with Crippen molar-refractivity contribution >= 4 is 35.5 Å². The molecule has 4 nitrogen and oxygen atoms in total. The average Bonchev–Trinajstić information content (AvgIpc) is 2.84. The Kier molecular flexibility index (Phi) is 3.21. The molecule has 0 aromatic heterocycles. The van der Waals surface area contributed by atoms with E-state index in [9.17, 15) is 14.9 Å². The third kappa shape index (κ3) is 2.23. The van der Waals surface area contributed by atoms with Gasteiger partial charge in [0.05, 0.1) is 13.0 Å². The number of benzene rings is 3. The summed E-state index contributed by atoms with van der Waals surface area (Å²) in [5.74, 6) is 0.0384. The highest BCUT2D eigenvalue weighted by atomic mass is 28.3. The lowest BCUT2D eigenvalue weighted by atomic mass is 9.99. The maximum Gasteiger partial charge on any atom is 0.270 e. The van der Waals surface area contributed by atoms with Crippen LogP contribution in [-0.2, 0) is 0 Å². The lowest BCUT2D eigenvalue weighted by Crippen LogP contribution is -2.41. The Morgan fingerprint density at radius 2 is 1.60 bits per heavy atom. The van der Waals surface area contributed by atoms with Gasteiger partial charge in [-0.1, -0.05) is 43.9 Å². The Balaban J connectivity index is 2.18. The van der Waals surface area contributed by atoms with Gasteiger partial charge in [-0.05, 0) is 39.2 Å². The number of hydrogen-bond donors (Lipinski definition) is 0. The van der Waals surface area contributed by atoms with Crippen LogP contribution >= 0.6 is 0 Å². The maximum atomic E-state index is 13.1. The fourth-order valence-corrected chi connectivity index (χ4v) is 5.80. The van der Waals surface area contributed by atoms with Gasteiger partial charge in [0.2, 0.25) is 0 Å². The van der Waals surface area contributed by atoms with Crippen LogP contribution in [0.3, 0.4) is 0 Å². The number of nitro groups is 1. The second kappa shape index (κ2) is 5.10. The zero-order chi connectivity index (χ0) is 17.9. The number of carbonyl (C=O) groups excluding carboxylic acids is 1. The molecule has 0 amide bonds. The first-order chi connectivity index (χ1) is 11.8. The van der Waals surface area contributed by atoms with Crippen LogP contribution in [0.25, 0.3) is 21.9 Å². The Morgan fingerprint density at radius 3 is 2.24 bits per heavy atom. The van der Waals surface area contributed by atoms with Gasteiger partial charge in [0.15, 0.2) is 5.78 Å². The van der Waals surface area contributed by atoms with Crippen LogP contribution in [0.2, 0.25) is 19.6 Å². The van der Waals surface area contributed by atoms with Gasteiger partial charge in [0.1, 0.15) is 0 Å². The van der Waals surface area contributed by atoms with E-state index in [1.54, 1.807) is 12.1 Å². The van der Waals surface area contributed by atoms with Crippen LogP contribution < -0.4 is 5.19 Å². The molecule has 4 rings (SSSR count). The van der Waals surface area contributed by atoms with E-state index in [4.69, 9.17) is 0 Å².